The molecule has 0 radical (unpaired) electrons. The number of amides is 1. The van der Waals surface area contributed by atoms with E-state index in [-0.39, 0.29) is 5.91 Å². The molecule has 0 aliphatic carbocycles. The van der Waals surface area contributed by atoms with E-state index < -0.39 is 0 Å². The third-order valence-electron chi connectivity index (χ3n) is 3.03. The molecule has 2 rings (SSSR count). The van der Waals surface area contributed by atoms with Gasteiger partial charge in [-0.15, -0.1) is 0 Å². The maximum absolute atomic E-state index is 11.7. The van der Waals surface area contributed by atoms with Crippen LogP contribution in [-0.4, -0.2) is 29.1 Å². The summed E-state index contributed by atoms with van der Waals surface area (Å²) in [6.07, 6.45) is 6.08. The molecule has 1 N–H and O–H groups in total. The Morgan fingerprint density at radius 2 is 2.39 bits per heavy atom. The number of nitrogens with zero attached hydrogens (tertiary/aromatic N) is 2. The zero-order valence-corrected chi connectivity index (χ0v) is 10.7. The highest BCUT2D eigenvalue weighted by Gasteiger charge is 2.17. The number of rotatable bonds is 4. The maximum atomic E-state index is 11.7. The molecule has 1 aromatic rings. The van der Waals surface area contributed by atoms with E-state index in [0.717, 1.165) is 30.8 Å². The average molecular weight is 249 g/mol. The lowest BCUT2D eigenvalue weighted by Gasteiger charge is -2.21. The number of hydrogen-bond acceptors (Lipinski definition) is 4. The molecule has 0 aromatic carbocycles. The summed E-state index contributed by atoms with van der Waals surface area (Å²) in [4.78, 5) is 20.1. The van der Waals surface area contributed by atoms with Crippen molar-refractivity contribution >= 4 is 5.91 Å². The van der Waals surface area contributed by atoms with Crippen LogP contribution in [-0.2, 0) is 16.1 Å². The summed E-state index contributed by atoms with van der Waals surface area (Å²) in [5.41, 5.74) is 1.67. The summed E-state index contributed by atoms with van der Waals surface area (Å²) in [7, 11) is 0. The topological polar surface area (TPSA) is 64.1 Å². The number of hydrogen-bond donors (Lipinski definition) is 1. The first-order chi connectivity index (χ1) is 8.74. The molecule has 1 aromatic heterocycles. The Bertz CT molecular complexity index is 386. The van der Waals surface area contributed by atoms with Crippen LogP contribution in [0.1, 0.15) is 30.7 Å². The van der Waals surface area contributed by atoms with Crippen LogP contribution in [0.25, 0.3) is 0 Å². The Hall–Kier alpha value is -1.49. The third-order valence-corrected chi connectivity index (χ3v) is 3.03. The molecule has 5 nitrogen and oxygen atoms in total. The van der Waals surface area contributed by atoms with E-state index in [0.29, 0.717) is 25.5 Å². The number of carbonyl (C=O) groups is 1. The standard InChI is InChI=1S/C13H19N3O2/c1-10-6-15-12(7-14-10)8-16-13(17)5-11-3-2-4-18-9-11/h6-7,11H,2-5,8-9H2,1H3,(H,16,17). The molecule has 0 spiro atoms. The van der Waals surface area contributed by atoms with Gasteiger partial charge in [0.25, 0.3) is 0 Å². The van der Waals surface area contributed by atoms with Gasteiger partial charge in [0.1, 0.15) is 0 Å². The van der Waals surface area contributed by atoms with Crippen LogP contribution in [0.15, 0.2) is 12.4 Å². The number of ether oxygens (including phenoxy) is 1. The molecule has 18 heavy (non-hydrogen) atoms. The van der Waals surface area contributed by atoms with Crippen molar-refractivity contribution in [3.63, 3.8) is 0 Å². The minimum absolute atomic E-state index is 0.0628. The quantitative estimate of drug-likeness (QED) is 0.871. The molecule has 1 atom stereocenters. The van der Waals surface area contributed by atoms with E-state index in [4.69, 9.17) is 4.74 Å². The second-order valence-corrected chi connectivity index (χ2v) is 4.71. The predicted octanol–water partition coefficient (Wildman–Crippen LogP) is 1.22. The van der Waals surface area contributed by atoms with Gasteiger partial charge in [0.2, 0.25) is 5.91 Å². The maximum Gasteiger partial charge on any atom is 0.220 e. The summed E-state index contributed by atoms with van der Waals surface area (Å²) in [5, 5.41) is 2.87. The highest BCUT2D eigenvalue weighted by molar-refractivity contribution is 5.76. The fraction of sp³-hybridized carbons (Fsp3) is 0.615. The van der Waals surface area contributed by atoms with Crippen LogP contribution in [0.3, 0.4) is 0 Å². The normalized spacial score (nSPS) is 19.5. The highest BCUT2D eigenvalue weighted by atomic mass is 16.5. The van der Waals surface area contributed by atoms with E-state index in [1.807, 2.05) is 6.92 Å². The fourth-order valence-corrected chi connectivity index (χ4v) is 2.00. The lowest BCUT2D eigenvalue weighted by molar-refractivity contribution is -0.123. The molecule has 1 aliphatic rings. The van der Waals surface area contributed by atoms with Crippen molar-refractivity contribution < 1.29 is 9.53 Å². The Morgan fingerprint density at radius 1 is 1.50 bits per heavy atom. The Morgan fingerprint density at radius 3 is 3.06 bits per heavy atom. The average Bonchev–Trinajstić information content (AvgIpc) is 2.39. The monoisotopic (exact) mass is 249 g/mol. The van der Waals surface area contributed by atoms with Crippen molar-refractivity contribution in [1.29, 1.82) is 0 Å². The molecule has 1 aliphatic heterocycles. The van der Waals surface area contributed by atoms with Gasteiger partial charge in [-0.1, -0.05) is 0 Å². The van der Waals surface area contributed by atoms with Gasteiger partial charge in [-0.05, 0) is 25.7 Å². The Kier molecular flexibility index (Phi) is 4.64. The summed E-state index contributed by atoms with van der Waals surface area (Å²) < 4.78 is 5.36. The van der Waals surface area contributed by atoms with E-state index in [1.165, 1.54) is 0 Å². The van der Waals surface area contributed by atoms with Crippen LogP contribution < -0.4 is 5.32 Å². The van der Waals surface area contributed by atoms with Crippen molar-refractivity contribution in [2.24, 2.45) is 5.92 Å². The van der Waals surface area contributed by atoms with Gasteiger partial charge in [0, 0.05) is 25.8 Å². The van der Waals surface area contributed by atoms with Crippen molar-refractivity contribution in [3.05, 3.63) is 23.8 Å². The molecule has 1 amide bonds. The van der Waals surface area contributed by atoms with Crippen molar-refractivity contribution in [2.75, 3.05) is 13.2 Å². The molecule has 1 fully saturated rings. The van der Waals surface area contributed by atoms with E-state index in [1.54, 1.807) is 12.4 Å². The minimum Gasteiger partial charge on any atom is -0.381 e. The largest absolute Gasteiger partial charge is 0.381 e. The minimum atomic E-state index is 0.0628. The van der Waals surface area contributed by atoms with Crippen LogP contribution >= 0.6 is 0 Å². The first-order valence-electron chi connectivity index (χ1n) is 6.36. The van der Waals surface area contributed by atoms with Gasteiger partial charge in [0.15, 0.2) is 0 Å². The first-order valence-corrected chi connectivity index (χ1v) is 6.36. The number of nitrogens with one attached hydrogen (secondary N) is 1. The molecule has 0 bridgehead atoms. The van der Waals surface area contributed by atoms with Crippen molar-refractivity contribution in [3.8, 4) is 0 Å². The molecule has 5 heteroatoms. The van der Waals surface area contributed by atoms with Gasteiger partial charge in [0.05, 0.1) is 24.1 Å². The summed E-state index contributed by atoms with van der Waals surface area (Å²) in [5.74, 6) is 0.427. The van der Waals surface area contributed by atoms with Gasteiger partial charge >= 0.3 is 0 Å². The molecule has 1 unspecified atom stereocenters. The summed E-state index contributed by atoms with van der Waals surface area (Å²) in [6.45, 7) is 3.87. The lowest BCUT2D eigenvalue weighted by Crippen LogP contribution is -2.28. The second kappa shape index (κ2) is 6.44. The molecule has 0 saturated carbocycles. The lowest BCUT2D eigenvalue weighted by atomic mass is 9.98. The Labute approximate surface area is 107 Å². The zero-order chi connectivity index (χ0) is 12.8. The van der Waals surface area contributed by atoms with Crippen molar-refractivity contribution in [2.45, 2.75) is 32.7 Å². The van der Waals surface area contributed by atoms with Gasteiger partial charge in [-0.2, -0.15) is 0 Å². The second-order valence-electron chi connectivity index (χ2n) is 4.71. The predicted molar refractivity (Wildman–Crippen MR) is 66.8 cm³/mol. The molecular weight excluding hydrogens is 230 g/mol. The van der Waals surface area contributed by atoms with Crippen LogP contribution in [0.2, 0.25) is 0 Å². The van der Waals surface area contributed by atoms with E-state index >= 15 is 0 Å². The van der Waals surface area contributed by atoms with E-state index in [2.05, 4.69) is 15.3 Å². The van der Waals surface area contributed by atoms with Gasteiger partial charge in [-0.3, -0.25) is 14.8 Å². The zero-order valence-electron chi connectivity index (χ0n) is 10.7. The van der Waals surface area contributed by atoms with E-state index in [9.17, 15) is 4.79 Å². The fourth-order valence-electron chi connectivity index (χ4n) is 2.00. The SMILES string of the molecule is Cc1cnc(CNC(=O)CC2CCCOC2)cn1. The molecule has 2 heterocycles. The number of carbonyl (C=O) groups excluding carboxylic acids is 1. The molecule has 98 valence electrons. The molecular formula is C13H19N3O2. The van der Waals surface area contributed by atoms with Crippen LogP contribution in [0.5, 0.6) is 0 Å². The van der Waals surface area contributed by atoms with Gasteiger partial charge in [-0.25, -0.2) is 0 Å². The van der Waals surface area contributed by atoms with Crippen molar-refractivity contribution in [1.82, 2.24) is 15.3 Å². The summed E-state index contributed by atoms with van der Waals surface area (Å²) >= 11 is 0. The van der Waals surface area contributed by atoms with Gasteiger partial charge < -0.3 is 10.1 Å². The van der Waals surface area contributed by atoms with Crippen LogP contribution in [0, 0.1) is 12.8 Å². The number of aryl methyl sites for hydroxylation is 1. The van der Waals surface area contributed by atoms with Crippen LogP contribution in [0.4, 0.5) is 0 Å². The number of aromatic nitrogens is 2. The summed E-state index contributed by atoms with van der Waals surface area (Å²) in [6, 6.07) is 0. The molecule has 1 saturated heterocycles. The smallest absolute Gasteiger partial charge is 0.220 e. The Balaban J connectivity index is 1.72. The first kappa shape index (κ1) is 13.0. The highest BCUT2D eigenvalue weighted by Crippen LogP contribution is 2.16. The third kappa shape index (κ3) is 4.07.